The van der Waals surface area contributed by atoms with Crippen molar-refractivity contribution < 1.29 is 0 Å². The maximum absolute atomic E-state index is 8.06. The van der Waals surface area contributed by atoms with Gasteiger partial charge in [-0.15, -0.1) is 5.73 Å². The van der Waals surface area contributed by atoms with Crippen molar-refractivity contribution in [3.05, 3.63) is 0 Å². The topological polar surface area (TPSA) is 22.3 Å². The van der Waals surface area contributed by atoms with Gasteiger partial charge in [-0.2, -0.15) is 0 Å². The van der Waals surface area contributed by atoms with Gasteiger partial charge in [0.05, 0.1) is 0 Å². The molecule has 0 saturated carbocycles. The number of rotatable bonds is 0. The van der Waals surface area contributed by atoms with Crippen LogP contribution >= 0.6 is 0 Å². The summed E-state index contributed by atoms with van der Waals surface area (Å²) in [6, 6.07) is -0.167. The minimum Gasteiger partial charge on any atom is -0.142 e. The van der Waals surface area contributed by atoms with Crippen LogP contribution < -0.4 is 5.73 Å². The van der Waals surface area contributed by atoms with Crippen LogP contribution in [0.3, 0.4) is 0 Å². The lowest BCUT2D eigenvalue weighted by molar-refractivity contribution is 0.804. The average Bonchev–Trinajstić information content (AvgIpc) is 0.811. The molecule has 0 amide bonds. The molecule has 0 aromatic rings. The fourth-order valence-electron chi connectivity index (χ4n) is 0. The molecule has 0 rings (SSSR count). The molecular formula is C3H7N. The van der Waals surface area contributed by atoms with E-state index in [-0.39, 0.29) is 6.04 Å². The summed E-state index contributed by atoms with van der Waals surface area (Å²) >= 11 is 0. The molecule has 0 aromatic heterocycles. The summed E-state index contributed by atoms with van der Waals surface area (Å²) in [5.41, 5.74) is 8.06. The minimum atomic E-state index is -0.167. The molecule has 0 N–H and O–H groups in total. The fraction of sp³-hybridized carbons (Fsp3) is 1.00. The van der Waals surface area contributed by atoms with E-state index in [0.29, 0.717) is 0 Å². The van der Waals surface area contributed by atoms with Crippen LogP contribution in [-0.2, 0) is 0 Å². The molecular weight excluding hydrogens is 50.0 g/mol. The maximum Gasteiger partial charge on any atom is 0.0377 e. The second kappa shape index (κ2) is 1.30. The lowest BCUT2D eigenvalue weighted by Gasteiger charge is -1.75. The van der Waals surface area contributed by atoms with Crippen molar-refractivity contribution in [2.24, 2.45) is 0 Å². The summed E-state index contributed by atoms with van der Waals surface area (Å²) in [6.45, 7) is 3.44. The first-order valence-corrected chi connectivity index (χ1v) is 1.41. The Bertz CT molecular complexity index is 8.00. The molecule has 0 aliphatic carbocycles. The van der Waals surface area contributed by atoms with Crippen LogP contribution in [0, 0.1) is 0 Å². The van der Waals surface area contributed by atoms with Gasteiger partial charge in [0.25, 0.3) is 0 Å². The maximum atomic E-state index is 8.06. The van der Waals surface area contributed by atoms with Crippen LogP contribution in [0.5, 0.6) is 0 Å². The van der Waals surface area contributed by atoms with Crippen LogP contribution in [0.1, 0.15) is 13.8 Å². The standard InChI is InChI=1S/C3H7N/c1-3(2)4/h3H,1-2H3. The molecule has 0 fully saturated rings. The Kier molecular flexibility index (Phi) is 1.28. The van der Waals surface area contributed by atoms with Crippen LogP contribution in [0.15, 0.2) is 0 Å². The Labute approximate surface area is 26.8 Å². The average molecular weight is 57.1 g/mol. The van der Waals surface area contributed by atoms with Gasteiger partial charge in [0.15, 0.2) is 0 Å². The molecule has 0 aliphatic rings. The molecule has 0 bridgehead atoms. The zero-order valence-electron chi connectivity index (χ0n) is 3.02. The summed E-state index contributed by atoms with van der Waals surface area (Å²) in [5.74, 6) is 0. The third kappa shape index (κ3) is 1130. The molecule has 0 aliphatic heterocycles. The Balaban J connectivity index is 2.32. The molecule has 1 nitrogen and oxygen atoms in total. The van der Waals surface area contributed by atoms with Crippen molar-refractivity contribution >= 4 is 0 Å². The first kappa shape index (κ1) is 3.96. The van der Waals surface area contributed by atoms with E-state index in [4.69, 9.17) is 5.73 Å². The van der Waals surface area contributed by atoms with Gasteiger partial charge in [-0.25, -0.2) is 0 Å². The van der Waals surface area contributed by atoms with Gasteiger partial charge in [-0.05, 0) is 13.8 Å². The summed E-state index contributed by atoms with van der Waals surface area (Å²) in [7, 11) is 0. The van der Waals surface area contributed by atoms with Gasteiger partial charge >= 0.3 is 0 Å². The van der Waals surface area contributed by atoms with Gasteiger partial charge in [-0.1, -0.05) is 0 Å². The van der Waals surface area contributed by atoms with Gasteiger partial charge in [0.2, 0.25) is 0 Å². The largest absolute Gasteiger partial charge is 0.142 e. The lowest BCUT2D eigenvalue weighted by Crippen LogP contribution is -1.89. The fourth-order valence-corrected chi connectivity index (χ4v) is 0. The molecule has 0 atom stereocenters. The number of hydrogen-bond donors (Lipinski definition) is 0. The lowest BCUT2D eigenvalue weighted by atomic mass is 10.5. The molecule has 0 aromatic carbocycles. The molecule has 24 valence electrons. The summed E-state index contributed by atoms with van der Waals surface area (Å²) in [5, 5.41) is 0. The Morgan fingerprint density at radius 3 is 1.50 bits per heavy atom. The van der Waals surface area contributed by atoms with Crippen LogP contribution in [-0.4, -0.2) is 6.04 Å². The van der Waals surface area contributed by atoms with Crippen LogP contribution in [0.4, 0.5) is 0 Å². The quantitative estimate of drug-likeness (QED) is 0.385. The molecule has 0 heterocycles. The Morgan fingerprint density at radius 1 is 1.50 bits per heavy atom. The van der Waals surface area contributed by atoms with E-state index in [1.807, 2.05) is 0 Å². The highest BCUT2D eigenvalue weighted by molar-refractivity contribution is 4.30. The highest BCUT2D eigenvalue weighted by Crippen LogP contribution is 1.62. The van der Waals surface area contributed by atoms with Crippen molar-refractivity contribution in [3.63, 3.8) is 0 Å². The molecule has 2 radical (unpaired) electrons. The van der Waals surface area contributed by atoms with Crippen LogP contribution in [0.2, 0.25) is 0 Å². The number of nitrogens with zero attached hydrogens (tertiary/aromatic N) is 1. The third-order valence-corrected chi connectivity index (χ3v) is 0. The number of hydrogen-bond acceptors (Lipinski definition) is 0. The van der Waals surface area contributed by atoms with Crippen LogP contribution in [0.25, 0.3) is 0 Å². The van der Waals surface area contributed by atoms with Crippen molar-refractivity contribution in [1.29, 1.82) is 0 Å². The normalized spacial score (nSPS) is 9.00. The zero-order valence-corrected chi connectivity index (χ0v) is 3.02. The summed E-state index contributed by atoms with van der Waals surface area (Å²) < 4.78 is 0. The molecule has 0 spiro atoms. The van der Waals surface area contributed by atoms with Gasteiger partial charge in [0.1, 0.15) is 0 Å². The minimum absolute atomic E-state index is 0.167. The van der Waals surface area contributed by atoms with E-state index in [0.717, 1.165) is 0 Å². The SMILES string of the molecule is CC(C)[N]. The molecule has 4 heavy (non-hydrogen) atoms. The Morgan fingerprint density at radius 2 is 1.50 bits per heavy atom. The van der Waals surface area contributed by atoms with E-state index in [2.05, 4.69) is 0 Å². The predicted molar refractivity (Wildman–Crippen MR) is 17.3 cm³/mol. The summed E-state index contributed by atoms with van der Waals surface area (Å²) in [4.78, 5) is 0. The van der Waals surface area contributed by atoms with E-state index < -0.39 is 0 Å². The van der Waals surface area contributed by atoms with Gasteiger partial charge < -0.3 is 0 Å². The highest BCUT2D eigenvalue weighted by atomic mass is 14.6. The first-order chi connectivity index (χ1) is 1.73. The van der Waals surface area contributed by atoms with Gasteiger partial charge in [0, 0.05) is 6.04 Å². The Hall–Kier alpha value is -0.0400. The highest BCUT2D eigenvalue weighted by Gasteiger charge is 1.71. The second-order valence-corrected chi connectivity index (χ2v) is 1.09. The smallest absolute Gasteiger partial charge is 0.0377 e. The molecule has 0 unspecified atom stereocenters. The van der Waals surface area contributed by atoms with Crippen molar-refractivity contribution in [2.45, 2.75) is 19.9 Å². The van der Waals surface area contributed by atoms with Crippen molar-refractivity contribution in [3.8, 4) is 0 Å². The van der Waals surface area contributed by atoms with Crippen molar-refractivity contribution in [2.75, 3.05) is 0 Å². The van der Waals surface area contributed by atoms with E-state index in [1.165, 1.54) is 0 Å². The van der Waals surface area contributed by atoms with Crippen molar-refractivity contribution in [1.82, 2.24) is 5.73 Å². The van der Waals surface area contributed by atoms with E-state index >= 15 is 0 Å². The predicted octanol–water partition coefficient (Wildman–Crippen LogP) is 0.463. The first-order valence-electron chi connectivity index (χ1n) is 1.41. The van der Waals surface area contributed by atoms with E-state index in [9.17, 15) is 0 Å². The zero-order chi connectivity index (χ0) is 3.58. The molecule has 0 saturated heterocycles. The second-order valence-electron chi connectivity index (χ2n) is 1.09. The third-order valence-electron chi connectivity index (χ3n) is 0. The monoisotopic (exact) mass is 57.1 g/mol. The van der Waals surface area contributed by atoms with Gasteiger partial charge in [-0.3, -0.25) is 0 Å². The molecule has 1 heteroatoms. The van der Waals surface area contributed by atoms with E-state index in [1.54, 1.807) is 13.8 Å². The summed E-state index contributed by atoms with van der Waals surface area (Å²) in [6.07, 6.45) is 0.